The Bertz CT molecular complexity index is 607. The van der Waals surface area contributed by atoms with Gasteiger partial charge in [-0.25, -0.2) is 0 Å². The fourth-order valence-corrected chi connectivity index (χ4v) is 6.89. The van der Waals surface area contributed by atoms with Gasteiger partial charge in [-0.2, -0.15) is 0 Å². The van der Waals surface area contributed by atoms with E-state index in [0.717, 1.165) is 43.4 Å². The third kappa shape index (κ3) is 2.23. The molecule has 6 atom stereocenters. The van der Waals surface area contributed by atoms with Gasteiger partial charge >= 0.3 is 0 Å². The van der Waals surface area contributed by atoms with Crippen molar-refractivity contribution >= 4 is 6.21 Å². The molecule has 0 aliphatic heterocycles. The van der Waals surface area contributed by atoms with Crippen LogP contribution >= 0.6 is 0 Å². The minimum atomic E-state index is -0.117. The van der Waals surface area contributed by atoms with Crippen molar-refractivity contribution in [3.63, 3.8) is 0 Å². The van der Waals surface area contributed by atoms with Crippen LogP contribution in [0.25, 0.3) is 0 Å². The molecule has 4 rings (SSSR count). The van der Waals surface area contributed by atoms with Gasteiger partial charge in [-0.3, -0.25) is 0 Å². The Morgan fingerprint density at radius 3 is 2.67 bits per heavy atom. The Balaban J connectivity index is 1.65. The summed E-state index contributed by atoms with van der Waals surface area (Å²) in [6.07, 6.45) is 15.2. The van der Waals surface area contributed by atoms with Gasteiger partial charge in [0.05, 0.1) is 12.3 Å². The lowest BCUT2D eigenvalue weighted by Gasteiger charge is -2.57. The number of nitrogens with zero attached hydrogens (tertiary/aromatic N) is 1. The molecule has 3 heteroatoms. The summed E-state index contributed by atoms with van der Waals surface area (Å²) in [6, 6.07) is 0. The SMILES string of the molecule is C[C@]12CC[C@H](O)CC1=CC[C@@H]1[C@@H]2CC[C@]2(C)/C(=C/C=N/O)CC[C@@H]12. The molecular formula is C21H31NO2. The molecular weight excluding hydrogens is 298 g/mol. The number of hydrogen-bond donors (Lipinski definition) is 2. The lowest BCUT2D eigenvalue weighted by molar-refractivity contribution is -0.0267. The molecule has 2 N–H and O–H groups in total. The second-order valence-corrected chi connectivity index (χ2v) is 9.11. The van der Waals surface area contributed by atoms with Crippen LogP contribution in [0.5, 0.6) is 0 Å². The normalized spacial score (nSPS) is 49.6. The Kier molecular flexibility index (Phi) is 3.91. The first kappa shape index (κ1) is 16.4. The number of aliphatic hydroxyl groups excluding tert-OH is 1. The third-order valence-corrected chi connectivity index (χ3v) is 8.27. The molecule has 24 heavy (non-hydrogen) atoms. The van der Waals surface area contributed by atoms with E-state index in [-0.39, 0.29) is 11.5 Å². The molecule has 0 bridgehead atoms. The maximum atomic E-state index is 10.1. The van der Waals surface area contributed by atoms with Crippen molar-refractivity contribution in [2.24, 2.45) is 33.7 Å². The summed E-state index contributed by atoms with van der Waals surface area (Å²) in [7, 11) is 0. The molecule has 4 aliphatic carbocycles. The van der Waals surface area contributed by atoms with Crippen LogP contribution in [0.1, 0.15) is 65.2 Å². The van der Waals surface area contributed by atoms with E-state index in [1.54, 1.807) is 11.8 Å². The van der Waals surface area contributed by atoms with Gasteiger partial charge in [0.15, 0.2) is 0 Å². The number of allylic oxidation sites excluding steroid dienone is 3. The average Bonchev–Trinajstić information content (AvgIpc) is 2.90. The van der Waals surface area contributed by atoms with Crippen LogP contribution in [-0.2, 0) is 0 Å². The van der Waals surface area contributed by atoms with Crippen LogP contribution in [0.4, 0.5) is 0 Å². The highest BCUT2D eigenvalue weighted by Gasteiger charge is 2.56. The highest BCUT2D eigenvalue weighted by atomic mass is 16.4. The Hall–Kier alpha value is -1.09. The quantitative estimate of drug-likeness (QED) is 0.317. The van der Waals surface area contributed by atoms with Gasteiger partial charge in [0, 0.05) is 0 Å². The molecule has 3 nitrogen and oxygen atoms in total. The van der Waals surface area contributed by atoms with Crippen LogP contribution in [0, 0.1) is 28.6 Å². The van der Waals surface area contributed by atoms with Crippen molar-refractivity contribution in [1.82, 2.24) is 0 Å². The van der Waals surface area contributed by atoms with E-state index in [4.69, 9.17) is 5.21 Å². The van der Waals surface area contributed by atoms with Crippen LogP contribution in [0.3, 0.4) is 0 Å². The monoisotopic (exact) mass is 329 g/mol. The summed E-state index contributed by atoms with van der Waals surface area (Å²) >= 11 is 0. The molecule has 0 spiro atoms. The Labute approximate surface area is 145 Å². The lowest BCUT2D eigenvalue weighted by atomic mass is 9.48. The van der Waals surface area contributed by atoms with Crippen molar-refractivity contribution in [2.75, 3.05) is 0 Å². The maximum absolute atomic E-state index is 10.1. The molecule has 0 amide bonds. The number of aliphatic hydroxyl groups is 1. The molecule has 0 aromatic carbocycles. The summed E-state index contributed by atoms with van der Waals surface area (Å²) in [5, 5.41) is 22.0. The predicted octanol–water partition coefficient (Wildman–Crippen LogP) is 4.70. The van der Waals surface area contributed by atoms with Gasteiger partial charge in [-0.15, -0.1) is 0 Å². The van der Waals surface area contributed by atoms with E-state index in [2.05, 4.69) is 31.2 Å². The summed E-state index contributed by atoms with van der Waals surface area (Å²) in [5.74, 6) is 2.33. The van der Waals surface area contributed by atoms with Gasteiger partial charge in [-0.05, 0) is 86.0 Å². The zero-order valence-corrected chi connectivity index (χ0v) is 15.0. The van der Waals surface area contributed by atoms with E-state index >= 15 is 0 Å². The van der Waals surface area contributed by atoms with E-state index in [0.29, 0.717) is 5.41 Å². The first-order valence-corrected chi connectivity index (χ1v) is 9.73. The van der Waals surface area contributed by atoms with Gasteiger partial charge in [0.1, 0.15) is 0 Å². The molecule has 0 saturated heterocycles. The summed E-state index contributed by atoms with van der Waals surface area (Å²) in [6.45, 7) is 4.93. The van der Waals surface area contributed by atoms with E-state index in [1.165, 1.54) is 31.3 Å². The second kappa shape index (κ2) is 5.72. The molecule has 3 fully saturated rings. The summed E-state index contributed by atoms with van der Waals surface area (Å²) in [5.41, 5.74) is 3.65. The van der Waals surface area contributed by atoms with Crippen molar-refractivity contribution in [2.45, 2.75) is 71.3 Å². The van der Waals surface area contributed by atoms with E-state index in [9.17, 15) is 5.11 Å². The lowest BCUT2D eigenvalue weighted by Crippen LogP contribution is -2.49. The maximum Gasteiger partial charge on any atom is 0.0661 e. The van der Waals surface area contributed by atoms with Crippen LogP contribution in [0.2, 0.25) is 0 Å². The number of fused-ring (bicyclic) bond motifs is 5. The van der Waals surface area contributed by atoms with E-state index in [1.807, 2.05) is 0 Å². The van der Waals surface area contributed by atoms with E-state index < -0.39 is 0 Å². The largest absolute Gasteiger partial charge is 0.411 e. The minimum Gasteiger partial charge on any atom is -0.411 e. The van der Waals surface area contributed by atoms with Crippen LogP contribution in [0.15, 0.2) is 28.5 Å². The van der Waals surface area contributed by atoms with Gasteiger partial charge < -0.3 is 10.3 Å². The fraction of sp³-hybridized carbons (Fsp3) is 0.762. The molecule has 3 saturated carbocycles. The molecule has 0 unspecified atom stereocenters. The molecule has 132 valence electrons. The number of hydrogen-bond acceptors (Lipinski definition) is 3. The highest BCUT2D eigenvalue weighted by Crippen LogP contribution is 2.66. The van der Waals surface area contributed by atoms with Crippen molar-refractivity contribution in [1.29, 1.82) is 0 Å². The first-order chi connectivity index (χ1) is 11.5. The zero-order chi connectivity index (χ0) is 16.9. The topological polar surface area (TPSA) is 52.8 Å². The first-order valence-electron chi connectivity index (χ1n) is 9.73. The van der Waals surface area contributed by atoms with Crippen molar-refractivity contribution < 1.29 is 10.3 Å². The second-order valence-electron chi connectivity index (χ2n) is 9.11. The molecule has 0 radical (unpaired) electrons. The summed E-state index contributed by atoms with van der Waals surface area (Å²) < 4.78 is 0. The molecule has 4 aliphatic rings. The molecule has 0 aromatic rings. The van der Waals surface area contributed by atoms with Gasteiger partial charge in [0.25, 0.3) is 0 Å². The molecule has 0 heterocycles. The van der Waals surface area contributed by atoms with Crippen LogP contribution < -0.4 is 0 Å². The third-order valence-electron chi connectivity index (χ3n) is 8.27. The van der Waals surface area contributed by atoms with Crippen LogP contribution in [-0.4, -0.2) is 22.6 Å². The standard InChI is InChI=1S/C21H31NO2/c1-20-11-8-19-17(18(20)6-4-14(20)9-12-22-24)5-3-15-13-16(23)7-10-21(15,19)2/h3,9,12,16-19,23-24H,4-8,10-11,13H2,1-2H3/b14-9+,22-12+/t16-,17-,18-,19-,20+,21-/m0/s1. The number of rotatable bonds is 1. The highest BCUT2D eigenvalue weighted by molar-refractivity contribution is 5.72. The smallest absolute Gasteiger partial charge is 0.0661 e. The van der Waals surface area contributed by atoms with Crippen molar-refractivity contribution in [3.8, 4) is 0 Å². The summed E-state index contributed by atoms with van der Waals surface area (Å²) in [4.78, 5) is 0. The molecule has 0 aromatic heterocycles. The van der Waals surface area contributed by atoms with Crippen molar-refractivity contribution in [3.05, 3.63) is 23.3 Å². The zero-order valence-electron chi connectivity index (χ0n) is 15.0. The predicted molar refractivity (Wildman–Crippen MR) is 96.1 cm³/mol. The van der Waals surface area contributed by atoms with Gasteiger partial charge in [-0.1, -0.05) is 36.2 Å². The number of oxime groups is 1. The Morgan fingerprint density at radius 2 is 1.88 bits per heavy atom. The minimum absolute atomic E-state index is 0.117. The average molecular weight is 329 g/mol. The fourth-order valence-electron chi connectivity index (χ4n) is 6.89. The Morgan fingerprint density at radius 1 is 1.12 bits per heavy atom. The van der Waals surface area contributed by atoms with Gasteiger partial charge in [0.2, 0.25) is 0 Å².